The third-order valence-electron chi connectivity index (χ3n) is 3.80. The van der Waals surface area contributed by atoms with Gasteiger partial charge in [-0.05, 0) is 73.4 Å². The molecule has 1 fully saturated rings. The first-order chi connectivity index (χ1) is 8.58. The van der Waals surface area contributed by atoms with Crippen LogP contribution in [0.25, 0.3) is 0 Å². The predicted molar refractivity (Wildman–Crippen MR) is 80.2 cm³/mol. The third-order valence-corrected chi connectivity index (χ3v) is 4.78. The van der Waals surface area contributed by atoms with Gasteiger partial charge in [-0.2, -0.15) is 0 Å². The quantitative estimate of drug-likeness (QED) is 0.855. The van der Waals surface area contributed by atoms with Crippen molar-refractivity contribution in [2.45, 2.75) is 19.8 Å². The van der Waals surface area contributed by atoms with Crippen molar-refractivity contribution in [3.05, 3.63) is 22.3 Å². The summed E-state index contributed by atoms with van der Waals surface area (Å²) in [4.78, 5) is 9.19. The molecule has 1 aromatic rings. The molecule has 0 N–H and O–H groups in total. The lowest BCUT2D eigenvalue weighted by Gasteiger charge is -2.32. The average molecular weight is 312 g/mol. The van der Waals surface area contributed by atoms with Crippen LogP contribution in [0.15, 0.2) is 16.7 Å². The number of rotatable bonds is 3. The zero-order valence-electron chi connectivity index (χ0n) is 11.5. The van der Waals surface area contributed by atoms with E-state index in [4.69, 9.17) is 0 Å². The van der Waals surface area contributed by atoms with Gasteiger partial charge in [0.15, 0.2) is 0 Å². The second kappa shape index (κ2) is 6.02. The minimum Gasteiger partial charge on any atom is -0.358 e. The normalized spacial score (nSPS) is 18.0. The van der Waals surface area contributed by atoms with E-state index in [1.165, 1.54) is 31.5 Å². The zero-order chi connectivity index (χ0) is 13.1. The van der Waals surface area contributed by atoms with E-state index in [0.29, 0.717) is 0 Å². The van der Waals surface area contributed by atoms with E-state index in [2.05, 4.69) is 51.7 Å². The number of anilines is 1. The first kappa shape index (κ1) is 13.8. The molecule has 2 heterocycles. The highest BCUT2D eigenvalue weighted by molar-refractivity contribution is 9.10. The van der Waals surface area contributed by atoms with E-state index >= 15 is 0 Å². The van der Waals surface area contributed by atoms with Gasteiger partial charge in [0.2, 0.25) is 0 Å². The van der Waals surface area contributed by atoms with Crippen LogP contribution in [0.1, 0.15) is 18.4 Å². The fourth-order valence-corrected chi connectivity index (χ4v) is 3.05. The second-order valence-electron chi connectivity index (χ2n) is 5.39. The molecule has 1 saturated heterocycles. The van der Waals surface area contributed by atoms with Gasteiger partial charge in [-0.3, -0.25) is 0 Å². The molecule has 0 atom stereocenters. The van der Waals surface area contributed by atoms with Gasteiger partial charge >= 0.3 is 0 Å². The summed E-state index contributed by atoms with van der Waals surface area (Å²) in [6.45, 7) is 5.66. The summed E-state index contributed by atoms with van der Waals surface area (Å²) in [6, 6.07) is 2.04. The van der Waals surface area contributed by atoms with Crippen LogP contribution in [0, 0.1) is 12.8 Å². The van der Waals surface area contributed by atoms with Crippen LogP contribution in [0.4, 0.5) is 5.82 Å². The molecule has 2 rings (SSSR count). The number of pyridine rings is 1. The second-order valence-corrected chi connectivity index (χ2v) is 6.19. The summed E-state index contributed by atoms with van der Waals surface area (Å²) in [5.41, 5.74) is 1.25. The summed E-state index contributed by atoms with van der Waals surface area (Å²) in [5, 5.41) is 0. The first-order valence-electron chi connectivity index (χ1n) is 6.58. The Morgan fingerprint density at radius 3 is 2.78 bits per heavy atom. The van der Waals surface area contributed by atoms with Crippen LogP contribution in [-0.2, 0) is 0 Å². The monoisotopic (exact) mass is 311 g/mol. The minimum atomic E-state index is 0.792. The number of nitrogens with zero attached hydrogens (tertiary/aromatic N) is 3. The highest BCUT2D eigenvalue weighted by Gasteiger charge is 2.19. The van der Waals surface area contributed by atoms with Gasteiger partial charge in [-0.15, -0.1) is 0 Å². The highest BCUT2D eigenvalue weighted by atomic mass is 79.9. The van der Waals surface area contributed by atoms with Crippen LogP contribution >= 0.6 is 15.9 Å². The molecule has 1 aliphatic rings. The van der Waals surface area contributed by atoms with E-state index < -0.39 is 0 Å². The molecular weight excluding hydrogens is 290 g/mol. The van der Waals surface area contributed by atoms with E-state index in [-0.39, 0.29) is 0 Å². The lowest BCUT2D eigenvalue weighted by molar-refractivity contribution is 0.222. The zero-order valence-corrected chi connectivity index (χ0v) is 13.1. The van der Waals surface area contributed by atoms with Gasteiger partial charge in [0.25, 0.3) is 0 Å². The molecule has 4 heteroatoms. The SMILES string of the molecule is Cc1ccnc(N(C)CC2CCN(C)CC2)c1Br. The number of hydrogen-bond acceptors (Lipinski definition) is 3. The van der Waals surface area contributed by atoms with Crippen LogP contribution in [0.5, 0.6) is 0 Å². The van der Waals surface area contributed by atoms with Crippen molar-refractivity contribution in [3.63, 3.8) is 0 Å². The van der Waals surface area contributed by atoms with Crippen LogP contribution in [0.2, 0.25) is 0 Å². The summed E-state index contributed by atoms with van der Waals surface area (Å²) < 4.78 is 1.13. The molecule has 0 aliphatic carbocycles. The Balaban J connectivity index is 1.99. The molecule has 0 aromatic carbocycles. The number of aryl methyl sites for hydroxylation is 1. The Hall–Kier alpha value is -0.610. The Bertz CT molecular complexity index is 400. The molecule has 0 spiro atoms. The molecule has 3 nitrogen and oxygen atoms in total. The molecular formula is C14H22BrN3. The summed E-state index contributed by atoms with van der Waals surface area (Å²) in [5.74, 6) is 1.86. The molecule has 0 unspecified atom stereocenters. The maximum absolute atomic E-state index is 4.49. The van der Waals surface area contributed by atoms with Crippen LogP contribution < -0.4 is 4.90 Å². The Morgan fingerprint density at radius 2 is 2.11 bits per heavy atom. The number of hydrogen-bond donors (Lipinski definition) is 0. The number of likely N-dealkylation sites (tertiary alicyclic amines) is 1. The molecule has 0 saturated carbocycles. The fourth-order valence-electron chi connectivity index (χ4n) is 2.51. The van der Waals surface area contributed by atoms with E-state index in [0.717, 1.165) is 22.8 Å². The Morgan fingerprint density at radius 1 is 1.44 bits per heavy atom. The molecule has 0 bridgehead atoms. The maximum atomic E-state index is 4.49. The molecule has 1 aliphatic heterocycles. The van der Waals surface area contributed by atoms with Gasteiger partial charge in [-0.1, -0.05) is 0 Å². The van der Waals surface area contributed by atoms with Crippen molar-refractivity contribution in [1.82, 2.24) is 9.88 Å². The van der Waals surface area contributed by atoms with Crippen molar-refractivity contribution >= 4 is 21.7 Å². The van der Waals surface area contributed by atoms with Crippen LogP contribution in [-0.4, -0.2) is 43.6 Å². The smallest absolute Gasteiger partial charge is 0.142 e. The van der Waals surface area contributed by atoms with Crippen molar-refractivity contribution in [2.75, 3.05) is 38.6 Å². The van der Waals surface area contributed by atoms with Gasteiger partial charge in [0, 0.05) is 19.8 Å². The van der Waals surface area contributed by atoms with Gasteiger partial charge in [0.05, 0.1) is 4.47 Å². The predicted octanol–water partition coefficient (Wildman–Crippen LogP) is 2.93. The maximum Gasteiger partial charge on any atom is 0.142 e. The van der Waals surface area contributed by atoms with Crippen molar-refractivity contribution in [1.29, 1.82) is 0 Å². The molecule has 1 aromatic heterocycles. The van der Waals surface area contributed by atoms with Crippen molar-refractivity contribution in [3.8, 4) is 0 Å². The highest BCUT2D eigenvalue weighted by Crippen LogP contribution is 2.27. The van der Waals surface area contributed by atoms with E-state index in [1.54, 1.807) is 0 Å². The van der Waals surface area contributed by atoms with Gasteiger partial charge in [-0.25, -0.2) is 4.98 Å². The Kier molecular flexibility index (Phi) is 4.62. The summed E-state index contributed by atoms with van der Waals surface area (Å²) in [6.07, 6.45) is 4.48. The first-order valence-corrected chi connectivity index (χ1v) is 7.38. The third kappa shape index (κ3) is 3.23. The lowest BCUT2D eigenvalue weighted by Crippen LogP contribution is -2.36. The molecule has 0 amide bonds. The van der Waals surface area contributed by atoms with Crippen molar-refractivity contribution in [2.24, 2.45) is 5.92 Å². The van der Waals surface area contributed by atoms with E-state index in [1.807, 2.05) is 12.3 Å². The summed E-state index contributed by atoms with van der Waals surface area (Å²) >= 11 is 3.64. The minimum absolute atomic E-state index is 0.792. The average Bonchev–Trinajstić information content (AvgIpc) is 2.35. The topological polar surface area (TPSA) is 19.4 Å². The van der Waals surface area contributed by atoms with Gasteiger partial charge in [0.1, 0.15) is 5.82 Å². The standard InChI is InChI=1S/C14H22BrN3/c1-11-4-7-16-14(13(11)15)18(3)10-12-5-8-17(2)9-6-12/h4,7,12H,5-6,8-10H2,1-3H3. The van der Waals surface area contributed by atoms with Gasteiger partial charge < -0.3 is 9.80 Å². The number of piperidine rings is 1. The number of aromatic nitrogens is 1. The Labute approximate surface area is 118 Å². The fraction of sp³-hybridized carbons (Fsp3) is 0.643. The molecule has 18 heavy (non-hydrogen) atoms. The largest absolute Gasteiger partial charge is 0.358 e. The summed E-state index contributed by atoms with van der Waals surface area (Å²) in [7, 11) is 4.35. The van der Waals surface area contributed by atoms with E-state index in [9.17, 15) is 0 Å². The lowest BCUT2D eigenvalue weighted by atomic mass is 9.97. The molecule has 0 radical (unpaired) electrons. The number of halogens is 1. The van der Waals surface area contributed by atoms with Crippen molar-refractivity contribution < 1.29 is 0 Å². The van der Waals surface area contributed by atoms with Crippen LogP contribution in [0.3, 0.4) is 0 Å². The molecule has 100 valence electrons.